The number of hydrogen-bond donors (Lipinski definition) is 2. The first kappa shape index (κ1) is 25.2. The maximum Gasteiger partial charge on any atom is 0.191 e. The van der Waals surface area contributed by atoms with Crippen LogP contribution in [-0.2, 0) is 4.74 Å². The van der Waals surface area contributed by atoms with Gasteiger partial charge in [0.15, 0.2) is 5.96 Å². The van der Waals surface area contributed by atoms with Crippen LogP contribution in [0.2, 0.25) is 0 Å². The molecule has 2 heterocycles. The Morgan fingerprint density at radius 3 is 2.73 bits per heavy atom. The smallest absolute Gasteiger partial charge is 0.191 e. The molecule has 2 aliphatic heterocycles. The van der Waals surface area contributed by atoms with Gasteiger partial charge >= 0.3 is 0 Å². The van der Waals surface area contributed by atoms with Crippen molar-refractivity contribution in [1.29, 1.82) is 0 Å². The van der Waals surface area contributed by atoms with Crippen LogP contribution in [0.3, 0.4) is 0 Å². The first-order chi connectivity index (χ1) is 14.2. The third kappa shape index (κ3) is 7.89. The van der Waals surface area contributed by atoms with E-state index in [0.717, 1.165) is 76.9 Å². The van der Waals surface area contributed by atoms with E-state index in [2.05, 4.69) is 54.5 Å². The Morgan fingerprint density at radius 1 is 1.23 bits per heavy atom. The lowest BCUT2D eigenvalue weighted by molar-refractivity contribution is 0.0532. The summed E-state index contributed by atoms with van der Waals surface area (Å²) < 4.78 is 11.5. The second-order valence-corrected chi connectivity index (χ2v) is 8.27. The molecule has 0 spiro atoms. The molecule has 2 aliphatic rings. The van der Waals surface area contributed by atoms with Crippen molar-refractivity contribution >= 4 is 29.9 Å². The molecule has 1 atom stereocenters. The normalized spacial score (nSPS) is 20.3. The number of fused-ring (bicyclic) bond motifs is 1. The Bertz CT molecular complexity index is 648. The van der Waals surface area contributed by atoms with Crippen molar-refractivity contribution in [3.05, 3.63) is 29.8 Å². The van der Waals surface area contributed by atoms with Gasteiger partial charge in [-0.3, -0.25) is 4.99 Å². The number of piperidine rings is 1. The van der Waals surface area contributed by atoms with Crippen molar-refractivity contribution in [1.82, 2.24) is 15.5 Å². The molecule has 1 unspecified atom stereocenters. The monoisotopic (exact) mass is 530 g/mol. The third-order valence-corrected chi connectivity index (χ3v) is 5.68. The van der Waals surface area contributed by atoms with Crippen LogP contribution in [0, 0.1) is 0 Å². The zero-order valence-electron chi connectivity index (χ0n) is 18.7. The minimum atomic E-state index is 0. The molecule has 1 saturated heterocycles. The van der Waals surface area contributed by atoms with E-state index in [0.29, 0.717) is 18.1 Å². The minimum absolute atomic E-state index is 0. The lowest BCUT2D eigenvalue weighted by Crippen LogP contribution is -2.49. The van der Waals surface area contributed by atoms with Crippen LogP contribution in [0.4, 0.5) is 0 Å². The topological polar surface area (TPSA) is 58.1 Å². The summed E-state index contributed by atoms with van der Waals surface area (Å²) in [5.41, 5.74) is 1.29. The van der Waals surface area contributed by atoms with Gasteiger partial charge in [0, 0.05) is 44.7 Å². The molecular formula is C23H39IN4O2. The molecule has 1 fully saturated rings. The SMILES string of the molecule is CCNC(=NCC1CCOc2ccccc21)NC1CCN(CCOC(C)C)CC1.I. The van der Waals surface area contributed by atoms with Gasteiger partial charge < -0.3 is 25.0 Å². The number of likely N-dealkylation sites (tertiary alicyclic amines) is 1. The van der Waals surface area contributed by atoms with Gasteiger partial charge in [0.1, 0.15) is 5.75 Å². The number of benzene rings is 1. The second kappa shape index (κ2) is 13.4. The summed E-state index contributed by atoms with van der Waals surface area (Å²) in [6.07, 6.45) is 3.63. The Balaban J connectivity index is 0.00000320. The third-order valence-electron chi connectivity index (χ3n) is 5.68. The van der Waals surface area contributed by atoms with Gasteiger partial charge in [-0.25, -0.2) is 0 Å². The number of halogens is 1. The van der Waals surface area contributed by atoms with Gasteiger partial charge in [0.2, 0.25) is 0 Å². The molecule has 0 aromatic heterocycles. The Morgan fingerprint density at radius 2 is 2.00 bits per heavy atom. The number of nitrogens with zero attached hydrogens (tertiary/aromatic N) is 2. The average molecular weight is 530 g/mol. The summed E-state index contributed by atoms with van der Waals surface area (Å²) in [6.45, 7) is 12.8. The molecular weight excluding hydrogens is 491 g/mol. The predicted octanol–water partition coefficient (Wildman–Crippen LogP) is 3.62. The van der Waals surface area contributed by atoms with Crippen LogP contribution in [0.15, 0.2) is 29.3 Å². The van der Waals surface area contributed by atoms with Crippen LogP contribution in [0.5, 0.6) is 5.75 Å². The van der Waals surface area contributed by atoms with E-state index in [4.69, 9.17) is 14.5 Å². The van der Waals surface area contributed by atoms with Crippen LogP contribution >= 0.6 is 24.0 Å². The summed E-state index contributed by atoms with van der Waals surface area (Å²) in [6, 6.07) is 8.85. The van der Waals surface area contributed by atoms with Crippen LogP contribution in [0.25, 0.3) is 0 Å². The van der Waals surface area contributed by atoms with Crippen molar-refractivity contribution in [3.8, 4) is 5.75 Å². The first-order valence-electron chi connectivity index (χ1n) is 11.3. The zero-order valence-corrected chi connectivity index (χ0v) is 21.1. The highest BCUT2D eigenvalue weighted by Crippen LogP contribution is 2.33. The fourth-order valence-electron chi connectivity index (χ4n) is 4.04. The summed E-state index contributed by atoms with van der Waals surface area (Å²) in [5.74, 6) is 2.39. The van der Waals surface area contributed by atoms with E-state index in [1.54, 1.807) is 0 Å². The van der Waals surface area contributed by atoms with Crippen LogP contribution < -0.4 is 15.4 Å². The van der Waals surface area contributed by atoms with Gasteiger partial charge in [-0.1, -0.05) is 18.2 Å². The number of ether oxygens (including phenoxy) is 2. The van der Waals surface area contributed by atoms with Gasteiger partial charge in [0.25, 0.3) is 0 Å². The van der Waals surface area contributed by atoms with Crippen molar-refractivity contribution in [3.63, 3.8) is 0 Å². The molecule has 0 aliphatic carbocycles. The first-order valence-corrected chi connectivity index (χ1v) is 11.3. The van der Waals surface area contributed by atoms with Crippen molar-refractivity contribution < 1.29 is 9.47 Å². The highest BCUT2D eigenvalue weighted by atomic mass is 127. The molecule has 3 rings (SSSR count). The molecule has 0 radical (unpaired) electrons. The minimum Gasteiger partial charge on any atom is -0.493 e. The van der Waals surface area contributed by atoms with E-state index < -0.39 is 0 Å². The molecule has 1 aromatic carbocycles. The number of nitrogens with one attached hydrogen (secondary N) is 2. The molecule has 1 aromatic rings. The largest absolute Gasteiger partial charge is 0.493 e. The fourth-order valence-corrected chi connectivity index (χ4v) is 4.04. The molecule has 2 N–H and O–H groups in total. The quantitative estimate of drug-likeness (QED) is 0.306. The summed E-state index contributed by atoms with van der Waals surface area (Å²) in [5, 5.41) is 7.09. The molecule has 30 heavy (non-hydrogen) atoms. The zero-order chi connectivity index (χ0) is 20.5. The van der Waals surface area contributed by atoms with E-state index in [1.807, 2.05) is 6.07 Å². The maximum atomic E-state index is 5.79. The van der Waals surface area contributed by atoms with E-state index in [1.165, 1.54) is 5.56 Å². The highest BCUT2D eigenvalue weighted by Gasteiger charge is 2.22. The Labute approximate surface area is 199 Å². The summed E-state index contributed by atoms with van der Waals surface area (Å²) in [7, 11) is 0. The standard InChI is InChI=1S/C23H38N4O2.HI/c1-4-24-23(25-17-19-11-15-29-22-8-6-5-7-21(19)22)26-20-9-12-27(13-10-20)14-16-28-18(2)3;/h5-8,18-20H,4,9-17H2,1-3H3,(H2,24,25,26);1H. The van der Waals surface area contributed by atoms with Crippen molar-refractivity contribution in [2.75, 3.05) is 45.9 Å². The van der Waals surface area contributed by atoms with E-state index in [-0.39, 0.29) is 24.0 Å². The van der Waals surface area contributed by atoms with Gasteiger partial charge in [-0.15, -0.1) is 24.0 Å². The molecule has 0 saturated carbocycles. The summed E-state index contributed by atoms with van der Waals surface area (Å²) in [4.78, 5) is 7.43. The fraction of sp³-hybridized carbons (Fsp3) is 0.696. The Hall–Kier alpha value is -1.06. The van der Waals surface area contributed by atoms with Crippen LogP contribution in [-0.4, -0.2) is 68.9 Å². The average Bonchev–Trinajstić information content (AvgIpc) is 2.73. The summed E-state index contributed by atoms with van der Waals surface area (Å²) >= 11 is 0. The van der Waals surface area contributed by atoms with Crippen LogP contribution in [0.1, 0.15) is 51.5 Å². The molecule has 0 amide bonds. The van der Waals surface area contributed by atoms with Crippen molar-refractivity contribution in [2.24, 2.45) is 4.99 Å². The molecule has 170 valence electrons. The van der Waals surface area contributed by atoms with Gasteiger partial charge in [-0.2, -0.15) is 0 Å². The second-order valence-electron chi connectivity index (χ2n) is 8.27. The lowest BCUT2D eigenvalue weighted by Gasteiger charge is -2.33. The predicted molar refractivity (Wildman–Crippen MR) is 134 cm³/mol. The Kier molecular flexibility index (Phi) is 11.2. The van der Waals surface area contributed by atoms with Crippen molar-refractivity contribution in [2.45, 2.75) is 58.1 Å². The number of rotatable bonds is 8. The van der Waals surface area contributed by atoms with E-state index in [9.17, 15) is 0 Å². The molecule has 0 bridgehead atoms. The number of guanidine groups is 1. The molecule has 7 heteroatoms. The number of hydrogen-bond acceptors (Lipinski definition) is 4. The van der Waals surface area contributed by atoms with Gasteiger partial charge in [-0.05, 0) is 51.7 Å². The number of aliphatic imine (C=N–C) groups is 1. The van der Waals surface area contributed by atoms with E-state index >= 15 is 0 Å². The van der Waals surface area contributed by atoms with Gasteiger partial charge in [0.05, 0.1) is 19.3 Å². The maximum absolute atomic E-state index is 5.79. The highest BCUT2D eigenvalue weighted by molar-refractivity contribution is 14.0. The lowest BCUT2D eigenvalue weighted by atomic mass is 9.93. The molecule has 6 nitrogen and oxygen atoms in total. The number of para-hydroxylation sites is 1.